The summed E-state index contributed by atoms with van der Waals surface area (Å²) in [5.74, 6) is 0.0280. The number of halogens is 2. The van der Waals surface area contributed by atoms with Gasteiger partial charge in [0.15, 0.2) is 0 Å². The van der Waals surface area contributed by atoms with Crippen LogP contribution in [0.1, 0.15) is 12.0 Å². The van der Waals surface area contributed by atoms with Crippen molar-refractivity contribution in [3.8, 4) is 0 Å². The van der Waals surface area contributed by atoms with Gasteiger partial charge in [0.1, 0.15) is 0 Å². The predicted molar refractivity (Wildman–Crippen MR) is 88.4 cm³/mol. The van der Waals surface area contributed by atoms with Gasteiger partial charge in [-0.3, -0.25) is 4.79 Å². The number of amides is 1. The zero-order chi connectivity index (χ0) is 15.0. The van der Waals surface area contributed by atoms with E-state index in [1.807, 2.05) is 12.1 Å². The number of hydrogen-bond acceptors (Lipinski definition) is 3. The first-order valence-electron chi connectivity index (χ1n) is 6.38. The molecule has 0 spiro atoms. The topological polar surface area (TPSA) is 55.1 Å². The Hall–Kier alpha value is -1.36. The minimum atomic E-state index is 0.0280. The summed E-state index contributed by atoms with van der Waals surface area (Å²) in [6.45, 7) is 0. The number of carbonyl (C=O) groups excluding carboxylic acids is 1. The van der Waals surface area contributed by atoms with Crippen LogP contribution in [0.3, 0.4) is 0 Å². The van der Waals surface area contributed by atoms with Crippen molar-refractivity contribution < 1.29 is 4.79 Å². The second kappa shape index (κ2) is 5.79. The van der Waals surface area contributed by atoms with Gasteiger partial charge >= 0.3 is 0 Å². The third-order valence-corrected chi connectivity index (χ3v) is 5.05. The molecule has 1 amide bonds. The fourth-order valence-corrected chi connectivity index (χ4v) is 3.62. The molecule has 0 saturated heterocycles. The van der Waals surface area contributed by atoms with Gasteiger partial charge in [0, 0.05) is 32.6 Å². The maximum Gasteiger partial charge on any atom is 0.224 e. The number of nitrogens with one attached hydrogen (secondary N) is 1. The summed E-state index contributed by atoms with van der Waals surface area (Å²) >= 11 is 13.7. The van der Waals surface area contributed by atoms with E-state index in [9.17, 15) is 4.79 Å². The minimum Gasteiger partial charge on any atom is -0.398 e. The molecule has 0 radical (unpaired) electrons. The van der Waals surface area contributed by atoms with Crippen molar-refractivity contribution in [1.29, 1.82) is 0 Å². The zero-order valence-electron chi connectivity index (χ0n) is 11.0. The number of fused-ring (bicyclic) bond motifs is 1. The van der Waals surface area contributed by atoms with Crippen molar-refractivity contribution in [2.45, 2.75) is 22.6 Å². The Morgan fingerprint density at radius 3 is 2.71 bits per heavy atom. The van der Waals surface area contributed by atoms with Gasteiger partial charge in [0.2, 0.25) is 5.91 Å². The lowest BCUT2D eigenvalue weighted by molar-refractivity contribution is -0.116. The quantitative estimate of drug-likeness (QED) is 0.786. The first-order valence-corrected chi connectivity index (χ1v) is 7.95. The largest absolute Gasteiger partial charge is 0.398 e. The van der Waals surface area contributed by atoms with E-state index >= 15 is 0 Å². The third kappa shape index (κ3) is 3.12. The molecule has 0 atom stereocenters. The van der Waals surface area contributed by atoms with Gasteiger partial charge < -0.3 is 11.1 Å². The second-order valence-corrected chi connectivity index (χ2v) is 6.70. The van der Waals surface area contributed by atoms with Crippen molar-refractivity contribution in [2.24, 2.45) is 0 Å². The molecule has 1 aliphatic rings. The van der Waals surface area contributed by atoms with Gasteiger partial charge in [0.05, 0.1) is 5.02 Å². The van der Waals surface area contributed by atoms with Gasteiger partial charge in [-0.2, -0.15) is 0 Å². The van der Waals surface area contributed by atoms with Crippen LogP contribution in [0, 0.1) is 0 Å². The van der Waals surface area contributed by atoms with Gasteiger partial charge in [-0.15, -0.1) is 0 Å². The molecule has 3 N–H and O–H groups in total. The first kappa shape index (κ1) is 14.6. The lowest BCUT2D eigenvalue weighted by Gasteiger charge is -2.19. The van der Waals surface area contributed by atoms with E-state index in [2.05, 4.69) is 5.32 Å². The molecular weight excluding hydrogens is 327 g/mol. The molecule has 108 valence electrons. The fraction of sp³-hybridized carbons (Fsp3) is 0.133. The van der Waals surface area contributed by atoms with Crippen molar-refractivity contribution in [3.05, 3.63) is 45.9 Å². The Kier molecular flexibility index (Phi) is 4.02. The minimum absolute atomic E-state index is 0.0280. The molecule has 0 aromatic heterocycles. The molecule has 2 aromatic rings. The fourth-order valence-electron chi connectivity index (χ4n) is 2.19. The van der Waals surface area contributed by atoms with Gasteiger partial charge in [-0.25, -0.2) is 0 Å². The molecule has 3 rings (SSSR count). The summed E-state index contributed by atoms with van der Waals surface area (Å²) in [5.41, 5.74) is 8.57. The highest BCUT2D eigenvalue weighted by molar-refractivity contribution is 7.99. The van der Waals surface area contributed by atoms with Crippen molar-refractivity contribution in [2.75, 3.05) is 11.1 Å². The Bertz CT molecular complexity index is 734. The van der Waals surface area contributed by atoms with Crippen LogP contribution in [0.25, 0.3) is 0 Å². The second-order valence-electron chi connectivity index (χ2n) is 4.77. The average molecular weight is 339 g/mol. The first-order chi connectivity index (χ1) is 10.0. The van der Waals surface area contributed by atoms with E-state index in [0.29, 0.717) is 22.2 Å². The molecule has 3 nitrogen and oxygen atoms in total. The summed E-state index contributed by atoms with van der Waals surface area (Å²) in [6.07, 6.45) is 1.22. The number of nitrogen functional groups attached to an aromatic ring is 1. The van der Waals surface area contributed by atoms with Crippen molar-refractivity contribution in [1.82, 2.24) is 0 Å². The highest BCUT2D eigenvalue weighted by Gasteiger charge is 2.17. The number of carbonyl (C=O) groups is 1. The monoisotopic (exact) mass is 338 g/mol. The summed E-state index contributed by atoms with van der Waals surface area (Å²) in [5, 5.41) is 4.10. The Morgan fingerprint density at radius 1 is 1.10 bits per heavy atom. The molecule has 0 saturated carbocycles. The maximum atomic E-state index is 11.4. The Balaban J connectivity index is 1.96. The summed E-state index contributed by atoms with van der Waals surface area (Å²) in [7, 11) is 0. The number of rotatable bonds is 2. The van der Waals surface area contributed by atoms with Gasteiger partial charge in [-0.05, 0) is 42.3 Å². The number of aryl methyl sites for hydroxylation is 1. The lowest BCUT2D eigenvalue weighted by Crippen LogP contribution is -2.19. The van der Waals surface area contributed by atoms with Crippen molar-refractivity contribution >= 4 is 52.2 Å². The molecule has 0 unspecified atom stereocenters. The predicted octanol–water partition coefficient (Wildman–Crippen LogP) is 4.61. The molecule has 0 bridgehead atoms. The van der Waals surface area contributed by atoms with Crippen molar-refractivity contribution in [3.63, 3.8) is 0 Å². The van der Waals surface area contributed by atoms with Crippen LogP contribution in [0.15, 0.2) is 40.1 Å². The van der Waals surface area contributed by atoms with Crippen LogP contribution in [0.2, 0.25) is 10.0 Å². The summed E-state index contributed by atoms with van der Waals surface area (Å²) in [6, 6.07) is 9.13. The van der Waals surface area contributed by atoms with Crippen LogP contribution < -0.4 is 11.1 Å². The highest BCUT2D eigenvalue weighted by atomic mass is 35.5. The van der Waals surface area contributed by atoms with Crippen LogP contribution in [-0.2, 0) is 11.2 Å². The molecule has 0 aliphatic carbocycles. The standard InChI is InChI=1S/C15H12Cl2N2OS/c16-9-2-3-10(17)13(6-9)21-14-5-8-1-4-15(20)19-12(8)7-11(14)18/h2-3,5-7H,1,4,18H2,(H,19,20). The highest BCUT2D eigenvalue weighted by Crippen LogP contribution is 2.40. The summed E-state index contributed by atoms with van der Waals surface area (Å²) in [4.78, 5) is 13.2. The molecular formula is C15H12Cl2N2OS. The zero-order valence-corrected chi connectivity index (χ0v) is 13.3. The van der Waals surface area contributed by atoms with Crippen LogP contribution in [0.4, 0.5) is 11.4 Å². The molecule has 6 heteroatoms. The van der Waals surface area contributed by atoms with E-state index < -0.39 is 0 Å². The van der Waals surface area contributed by atoms with E-state index in [-0.39, 0.29) is 5.91 Å². The van der Waals surface area contributed by atoms with E-state index in [1.165, 1.54) is 11.8 Å². The third-order valence-electron chi connectivity index (χ3n) is 3.24. The van der Waals surface area contributed by atoms with Gasteiger partial charge in [0.25, 0.3) is 0 Å². The van der Waals surface area contributed by atoms with Gasteiger partial charge in [-0.1, -0.05) is 35.0 Å². The van der Waals surface area contributed by atoms with Crippen LogP contribution in [-0.4, -0.2) is 5.91 Å². The Labute approximate surface area is 136 Å². The Morgan fingerprint density at radius 2 is 1.90 bits per heavy atom. The molecule has 1 aliphatic heterocycles. The number of nitrogens with two attached hydrogens (primary N) is 1. The number of anilines is 2. The molecule has 0 fully saturated rings. The molecule has 1 heterocycles. The molecule has 21 heavy (non-hydrogen) atoms. The van der Waals surface area contributed by atoms with Crippen LogP contribution >= 0.6 is 35.0 Å². The van der Waals surface area contributed by atoms with E-state index in [0.717, 1.165) is 27.5 Å². The normalized spacial score (nSPS) is 13.7. The number of hydrogen-bond donors (Lipinski definition) is 2. The smallest absolute Gasteiger partial charge is 0.224 e. The van der Waals surface area contributed by atoms with E-state index in [1.54, 1.807) is 18.2 Å². The molecule has 2 aromatic carbocycles. The SMILES string of the molecule is Nc1cc2c(cc1Sc1cc(Cl)ccc1Cl)CCC(=O)N2. The maximum absolute atomic E-state index is 11.4. The number of benzene rings is 2. The summed E-state index contributed by atoms with van der Waals surface area (Å²) < 4.78 is 0. The average Bonchev–Trinajstić information content (AvgIpc) is 2.44. The van der Waals surface area contributed by atoms with E-state index in [4.69, 9.17) is 28.9 Å². The van der Waals surface area contributed by atoms with Crippen LogP contribution in [0.5, 0.6) is 0 Å². The lowest BCUT2D eigenvalue weighted by atomic mass is 10.0.